The second-order valence-electron chi connectivity index (χ2n) is 3.96. The number of hydrogen-bond acceptors (Lipinski definition) is 3. The summed E-state index contributed by atoms with van der Waals surface area (Å²) in [7, 11) is 0. The number of nitriles is 1. The van der Waals surface area contributed by atoms with Crippen LogP contribution in [0.4, 0.5) is 5.69 Å². The normalized spacial score (nSPS) is 11.6. The quantitative estimate of drug-likeness (QED) is 0.910. The molecule has 1 N–H and O–H groups in total. The van der Waals surface area contributed by atoms with E-state index < -0.39 is 0 Å². The molecular weight excluding hydrogens is 246 g/mol. The van der Waals surface area contributed by atoms with Gasteiger partial charge in [0.25, 0.3) is 0 Å². The van der Waals surface area contributed by atoms with Crippen LogP contribution in [0.25, 0.3) is 0 Å². The Kier molecular flexibility index (Phi) is 3.81. The maximum Gasteiger partial charge on any atom is 0.0991 e. The number of hydrogen-bond donors (Lipinski definition) is 1. The minimum absolute atomic E-state index is 0.0967. The van der Waals surface area contributed by atoms with E-state index >= 15 is 0 Å². The van der Waals surface area contributed by atoms with Crippen LogP contribution in [0.2, 0.25) is 5.02 Å². The van der Waals surface area contributed by atoms with E-state index in [1.54, 1.807) is 30.6 Å². The van der Waals surface area contributed by atoms with Gasteiger partial charge in [0.05, 0.1) is 28.5 Å². The molecule has 2 rings (SSSR count). The molecule has 0 spiro atoms. The van der Waals surface area contributed by atoms with E-state index in [0.29, 0.717) is 10.6 Å². The number of aromatic nitrogens is 1. The predicted molar refractivity (Wildman–Crippen MR) is 72.4 cm³/mol. The molecule has 90 valence electrons. The van der Waals surface area contributed by atoms with Gasteiger partial charge in [-0.25, -0.2) is 0 Å². The second-order valence-corrected chi connectivity index (χ2v) is 4.36. The Balaban J connectivity index is 2.15. The second kappa shape index (κ2) is 5.52. The first-order valence-corrected chi connectivity index (χ1v) is 5.94. The van der Waals surface area contributed by atoms with Gasteiger partial charge >= 0.3 is 0 Å². The summed E-state index contributed by atoms with van der Waals surface area (Å²) in [5.41, 5.74) is 2.55. The van der Waals surface area contributed by atoms with Crippen molar-refractivity contribution < 1.29 is 0 Å². The molecule has 4 heteroatoms. The third-order valence-corrected chi connectivity index (χ3v) is 3.01. The van der Waals surface area contributed by atoms with Crippen LogP contribution >= 0.6 is 11.6 Å². The smallest absolute Gasteiger partial charge is 0.0991 e. The zero-order valence-corrected chi connectivity index (χ0v) is 10.6. The zero-order valence-electron chi connectivity index (χ0n) is 9.89. The van der Waals surface area contributed by atoms with Crippen LogP contribution in [-0.2, 0) is 0 Å². The van der Waals surface area contributed by atoms with Crippen molar-refractivity contribution in [3.05, 3.63) is 58.9 Å². The Bertz CT molecular complexity index is 572. The summed E-state index contributed by atoms with van der Waals surface area (Å²) >= 11 is 6.06. The number of benzene rings is 1. The SMILES string of the molecule is CC(Nc1cnccc1Cl)c1ccc(C#N)cc1. The van der Waals surface area contributed by atoms with Gasteiger partial charge in [-0.05, 0) is 30.7 Å². The molecule has 1 aromatic carbocycles. The molecule has 0 bridgehead atoms. The first kappa shape index (κ1) is 12.4. The number of halogens is 1. The number of rotatable bonds is 3. The van der Waals surface area contributed by atoms with Crippen LogP contribution in [0.1, 0.15) is 24.1 Å². The van der Waals surface area contributed by atoms with Crippen molar-refractivity contribution in [2.45, 2.75) is 13.0 Å². The van der Waals surface area contributed by atoms with Crippen LogP contribution in [-0.4, -0.2) is 4.98 Å². The highest BCUT2D eigenvalue weighted by molar-refractivity contribution is 6.33. The van der Waals surface area contributed by atoms with Gasteiger partial charge in [-0.1, -0.05) is 23.7 Å². The van der Waals surface area contributed by atoms with Crippen LogP contribution in [0, 0.1) is 11.3 Å². The monoisotopic (exact) mass is 257 g/mol. The Morgan fingerprint density at radius 3 is 2.61 bits per heavy atom. The topological polar surface area (TPSA) is 48.7 Å². The van der Waals surface area contributed by atoms with Gasteiger partial charge in [0.1, 0.15) is 0 Å². The molecule has 0 fully saturated rings. The standard InChI is InChI=1S/C14H12ClN3/c1-10(12-4-2-11(8-16)3-5-12)18-14-9-17-7-6-13(14)15/h2-7,9-10,18H,1H3. The van der Waals surface area contributed by atoms with E-state index in [4.69, 9.17) is 16.9 Å². The van der Waals surface area contributed by atoms with E-state index in [1.807, 2.05) is 19.1 Å². The Morgan fingerprint density at radius 1 is 1.28 bits per heavy atom. The lowest BCUT2D eigenvalue weighted by Gasteiger charge is -2.16. The van der Waals surface area contributed by atoms with Crippen LogP contribution in [0.5, 0.6) is 0 Å². The van der Waals surface area contributed by atoms with E-state index in [9.17, 15) is 0 Å². The Labute approximate surface area is 111 Å². The van der Waals surface area contributed by atoms with Crippen molar-refractivity contribution in [2.75, 3.05) is 5.32 Å². The van der Waals surface area contributed by atoms with Gasteiger partial charge in [-0.15, -0.1) is 0 Å². The van der Waals surface area contributed by atoms with Crippen LogP contribution < -0.4 is 5.32 Å². The largest absolute Gasteiger partial charge is 0.376 e. The van der Waals surface area contributed by atoms with Crippen molar-refractivity contribution in [1.82, 2.24) is 4.98 Å². The molecule has 0 saturated carbocycles. The molecule has 0 aliphatic rings. The van der Waals surface area contributed by atoms with E-state index in [1.165, 1.54) is 0 Å². The highest BCUT2D eigenvalue weighted by atomic mass is 35.5. The minimum Gasteiger partial charge on any atom is -0.376 e. The summed E-state index contributed by atoms with van der Waals surface area (Å²) in [5, 5.41) is 12.7. The van der Waals surface area contributed by atoms with E-state index in [2.05, 4.69) is 16.4 Å². The molecule has 0 aliphatic carbocycles. The summed E-state index contributed by atoms with van der Waals surface area (Å²) in [5.74, 6) is 0. The molecule has 0 aliphatic heterocycles. The molecule has 2 aromatic rings. The fourth-order valence-electron chi connectivity index (χ4n) is 1.65. The highest BCUT2D eigenvalue weighted by Crippen LogP contribution is 2.24. The molecule has 1 heterocycles. The van der Waals surface area contributed by atoms with Crippen molar-refractivity contribution in [1.29, 1.82) is 5.26 Å². The van der Waals surface area contributed by atoms with Gasteiger partial charge in [-0.3, -0.25) is 4.98 Å². The third-order valence-electron chi connectivity index (χ3n) is 2.68. The van der Waals surface area contributed by atoms with E-state index in [-0.39, 0.29) is 6.04 Å². The summed E-state index contributed by atoms with van der Waals surface area (Å²) in [4.78, 5) is 4.03. The molecule has 0 saturated heterocycles. The third kappa shape index (κ3) is 2.79. The first-order valence-electron chi connectivity index (χ1n) is 5.57. The summed E-state index contributed by atoms with van der Waals surface area (Å²) in [6.07, 6.45) is 3.35. The molecule has 1 atom stereocenters. The van der Waals surface area contributed by atoms with Crippen LogP contribution in [0.15, 0.2) is 42.7 Å². The van der Waals surface area contributed by atoms with Crippen LogP contribution in [0.3, 0.4) is 0 Å². The number of nitrogens with one attached hydrogen (secondary N) is 1. The molecular formula is C14H12ClN3. The lowest BCUT2D eigenvalue weighted by atomic mass is 10.1. The molecule has 0 radical (unpaired) electrons. The summed E-state index contributed by atoms with van der Waals surface area (Å²) in [6.45, 7) is 2.03. The molecule has 0 amide bonds. The molecule has 1 unspecified atom stereocenters. The van der Waals surface area contributed by atoms with Gasteiger partial charge < -0.3 is 5.32 Å². The average molecular weight is 258 g/mol. The fraction of sp³-hybridized carbons (Fsp3) is 0.143. The molecule has 3 nitrogen and oxygen atoms in total. The van der Waals surface area contributed by atoms with Crippen molar-refractivity contribution in [3.63, 3.8) is 0 Å². The van der Waals surface area contributed by atoms with Gasteiger partial charge in [0.2, 0.25) is 0 Å². The van der Waals surface area contributed by atoms with Crippen molar-refractivity contribution >= 4 is 17.3 Å². The lowest BCUT2D eigenvalue weighted by Crippen LogP contribution is -2.07. The number of anilines is 1. The van der Waals surface area contributed by atoms with Gasteiger partial charge in [0.15, 0.2) is 0 Å². The average Bonchev–Trinajstić information content (AvgIpc) is 2.41. The Hall–Kier alpha value is -2.05. The predicted octanol–water partition coefficient (Wildman–Crippen LogP) is 3.78. The van der Waals surface area contributed by atoms with Gasteiger partial charge in [0, 0.05) is 12.2 Å². The molecule has 1 aromatic heterocycles. The highest BCUT2D eigenvalue weighted by Gasteiger charge is 2.07. The summed E-state index contributed by atoms with van der Waals surface area (Å²) < 4.78 is 0. The van der Waals surface area contributed by atoms with Gasteiger partial charge in [-0.2, -0.15) is 5.26 Å². The lowest BCUT2D eigenvalue weighted by molar-refractivity contribution is 0.883. The minimum atomic E-state index is 0.0967. The maximum atomic E-state index is 8.75. The number of pyridine rings is 1. The first-order chi connectivity index (χ1) is 8.70. The molecule has 18 heavy (non-hydrogen) atoms. The maximum absolute atomic E-state index is 8.75. The number of nitrogens with zero attached hydrogens (tertiary/aromatic N) is 2. The fourth-order valence-corrected chi connectivity index (χ4v) is 1.81. The van der Waals surface area contributed by atoms with Crippen molar-refractivity contribution in [2.24, 2.45) is 0 Å². The summed E-state index contributed by atoms with van der Waals surface area (Å²) in [6, 6.07) is 11.4. The van der Waals surface area contributed by atoms with Crippen molar-refractivity contribution in [3.8, 4) is 6.07 Å². The van der Waals surface area contributed by atoms with E-state index in [0.717, 1.165) is 11.3 Å². The zero-order chi connectivity index (χ0) is 13.0. The Morgan fingerprint density at radius 2 is 2.00 bits per heavy atom.